The number of likely N-dealkylation sites (tertiary alicyclic amines) is 1. The molecule has 0 saturated carbocycles. The number of piperidine rings is 1. The molecular formula is C20H33BN2O4. The molecule has 0 spiro atoms. The van der Waals surface area contributed by atoms with Crippen molar-refractivity contribution in [3.05, 3.63) is 35.9 Å². The normalized spacial score (nSPS) is 20.2. The van der Waals surface area contributed by atoms with Crippen molar-refractivity contribution in [1.29, 1.82) is 0 Å². The molecule has 150 valence electrons. The standard InChI is InChI=1S/C20H33BN2O4/c22-20(19(24)25,11-4-5-13-21(26)27)12-7-15-23-14-6-10-18(16-23)17-8-2-1-3-9-17/h1-3,8-9,18,26-27H,4-7,10-16,22H2,(H,24,25). The van der Waals surface area contributed by atoms with Crippen molar-refractivity contribution >= 4 is 13.1 Å². The van der Waals surface area contributed by atoms with E-state index in [-0.39, 0.29) is 6.32 Å². The zero-order valence-corrected chi connectivity index (χ0v) is 16.1. The van der Waals surface area contributed by atoms with Gasteiger partial charge >= 0.3 is 13.1 Å². The molecule has 1 saturated heterocycles. The average Bonchev–Trinajstić information content (AvgIpc) is 2.66. The highest BCUT2D eigenvalue weighted by Crippen LogP contribution is 2.27. The molecule has 1 fully saturated rings. The van der Waals surface area contributed by atoms with Crippen molar-refractivity contribution in [2.75, 3.05) is 19.6 Å². The van der Waals surface area contributed by atoms with Crippen LogP contribution in [0.25, 0.3) is 0 Å². The third-order valence-corrected chi connectivity index (χ3v) is 5.63. The van der Waals surface area contributed by atoms with E-state index < -0.39 is 18.6 Å². The van der Waals surface area contributed by atoms with Crippen molar-refractivity contribution < 1.29 is 19.9 Å². The molecule has 2 rings (SSSR count). The van der Waals surface area contributed by atoms with Crippen LogP contribution in [0.5, 0.6) is 0 Å². The third kappa shape index (κ3) is 7.26. The van der Waals surface area contributed by atoms with E-state index in [1.54, 1.807) is 0 Å². The number of nitrogens with zero attached hydrogens (tertiary/aromatic N) is 1. The fourth-order valence-electron chi connectivity index (χ4n) is 3.98. The minimum Gasteiger partial charge on any atom is -0.480 e. The van der Waals surface area contributed by atoms with Gasteiger partial charge in [0, 0.05) is 6.54 Å². The summed E-state index contributed by atoms with van der Waals surface area (Å²) in [5.41, 5.74) is 6.30. The summed E-state index contributed by atoms with van der Waals surface area (Å²) < 4.78 is 0. The maximum atomic E-state index is 11.6. The zero-order chi connectivity index (χ0) is 19.7. The maximum absolute atomic E-state index is 11.6. The van der Waals surface area contributed by atoms with E-state index in [9.17, 15) is 9.90 Å². The second-order valence-electron chi connectivity index (χ2n) is 7.84. The van der Waals surface area contributed by atoms with E-state index in [0.29, 0.717) is 31.6 Å². The lowest BCUT2D eigenvalue weighted by Crippen LogP contribution is -2.48. The molecule has 1 aliphatic heterocycles. The van der Waals surface area contributed by atoms with Crippen LogP contribution < -0.4 is 5.73 Å². The molecule has 1 aromatic rings. The topological polar surface area (TPSA) is 107 Å². The molecule has 0 aliphatic carbocycles. The van der Waals surface area contributed by atoms with Crippen molar-refractivity contribution in [2.45, 2.75) is 62.7 Å². The van der Waals surface area contributed by atoms with Crippen molar-refractivity contribution in [2.24, 2.45) is 5.73 Å². The molecule has 1 heterocycles. The molecule has 5 N–H and O–H groups in total. The fraction of sp³-hybridized carbons (Fsp3) is 0.650. The number of carbonyl (C=O) groups is 1. The number of unbranched alkanes of at least 4 members (excludes halogenated alkanes) is 1. The Morgan fingerprint density at radius 2 is 1.89 bits per heavy atom. The fourth-order valence-corrected chi connectivity index (χ4v) is 3.98. The van der Waals surface area contributed by atoms with Crippen LogP contribution in [0.1, 0.15) is 56.4 Å². The molecule has 0 aromatic heterocycles. The molecule has 2 unspecified atom stereocenters. The first-order valence-electron chi connectivity index (χ1n) is 10.1. The Morgan fingerprint density at radius 1 is 1.19 bits per heavy atom. The van der Waals surface area contributed by atoms with Gasteiger partial charge in [0.2, 0.25) is 0 Å². The number of hydrogen-bond acceptors (Lipinski definition) is 5. The minimum absolute atomic E-state index is 0.254. The molecule has 7 heteroatoms. The van der Waals surface area contributed by atoms with Crippen LogP contribution in [0.3, 0.4) is 0 Å². The summed E-state index contributed by atoms with van der Waals surface area (Å²) in [6, 6.07) is 10.6. The van der Waals surface area contributed by atoms with Gasteiger partial charge in [0.05, 0.1) is 0 Å². The Kier molecular flexibility index (Phi) is 8.76. The van der Waals surface area contributed by atoms with Crippen LogP contribution in [-0.2, 0) is 4.79 Å². The summed E-state index contributed by atoms with van der Waals surface area (Å²) in [6.07, 6.45) is 5.33. The van der Waals surface area contributed by atoms with Gasteiger partial charge in [-0.3, -0.25) is 4.79 Å². The Balaban J connectivity index is 1.77. The highest BCUT2D eigenvalue weighted by Gasteiger charge is 2.33. The predicted molar refractivity (Wildman–Crippen MR) is 107 cm³/mol. The molecule has 0 bridgehead atoms. The second kappa shape index (κ2) is 10.8. The van der Waals surface area contributed by atoms with Gasteiger partial charge in [-0.05, 0) is 63.0 Å². The number of rotatable bonds is 11. The summed E-state index contributed by atoms with van der Waals surface area (Å²) in [7, 11) is -1.33. The second-order valence-corrected chi connectivity index (χ2v) is 7.84. The van der Waals surface area contributed by atoms with Crippen LogP contribution in [0, 0.1) is 0 Å². The first kappa shape index (κ1) is 21.9. The lowest BCUT2D eigenvalue weighted by atomic mass is 9.81. The van der Waals surface area contributed by atoms with Crippen LogP contribution in [0.2, 0.25) is 6.32 Å². The molecule has 1 aromatic carbocycles. The van der Waals surface area contributed by atoms with E-state index in [1.165, 1.54) is 12.0 Å². The lowest BCUT2D eigenvalue weighted by Gasteiger charge is -2.34. The van der Waals surface area contributed by atoms with Gasteiger partial charge in [0.25, 0.3) is 0 Å². The van der Waals surface area contributed by atoms with Crippen LogP contribution in [-0.4, -0.2) is 58.3 Å². The summed E-state index contributed by atoms with van der Waals surface area (Å²) in [5.74, 6) is -0.417. The van der Waals surface area contributed by atoms with Gasteiger partial charge in [-0.15, -0.1) is 0 Å². The number of aliphatic carboxylic acids is 1. The first-order valence-corrected chi connectivity index (χ1v) is 10.1. The summed E-state index contributed by atoms with van der Waals surface area (Å²) in [6.45, 7) is 2.94. The Morgan fingerprint density at radius 3 is 2.56 bits per heavy atom. The van der Waals surface area contributed by atoms with Gasteiger partial charge in [0.15, 0.2) is 0 Å². The molecule has 0 radical (unpaired) electrons. The number of benzene rings is 1. The average molecular weight is 376 g/mol. The molecule has 1 aliphatic rings. The van der Waals surface area contributed by atoms with E-state index in [4.69, 9.17) is 15.8 Å². The van der Waals surface area contributed by atoms with Gasteiger partial charge in [-0.2, -0.15) is 0 Å². The minimum atomic E-state index is -1.33. The monoisotopic (exact) mass is 376 g/mol. The SMILES string of the molecule is NC(CCCCB(O)O)(CCCN1CCCC(c2ccccc2)C1)C(=O)O. The largest absolute Gasteiger partial charge is 0.480 e. The van der Waals surface area contributed by atoms with Crippen molar-refractivity contribution in [3.63, 3.8) is 0 Å². The van der Waals surface area contributed by atoms with Crippen LogP contribution >= 0.6 is 0 Å². The van der Waals surface area contributed by atoms with Gasteiger partial charge < -0.3 is 25.8 Å². The molecular weight excluding hydrogens is 343 g/mol. The maximum Gasteiger partial charge on any atom is 0.451 e. The smallest absolute Gasteiger partial charge is 0.451 e. The van der Waals surface area contributed by atoms with Gasteiger partial charge in [-0.25, -0.2) is 0 Å². The predicted octanol–water partition coefficient (Wildman–Crippen LogP) is 2.07. The van der Waals surface area contributed by atoms with Crippen LogP contribution in [0.15, 0.2) is 30.3 Å². The summed E-state index contributed by atoms with van der Waals surface area (Å²) in [4.78, 5) is 14.1. The third-order valence-electron chi connectivity index (χ3n) is 5.63. The Hall–Kier alpha value is -1.41. The number of hydrogen-bond donors (Lipinski definition) is 4. The van der Waals surface area contributed by atoms with E-state index in [0.717, 1.165) is 32.5 Å². The lowest BCUT2D eigenvalue weighted by molar-refractivity contribution is -0.144. The number of carboxylic acids is 1. The highest BCUT2D eigenvalue weighted by atomic mass is 16.4. The summed E-state index contributed by atoms with van der Waals surface area (Å²) >= 11 is 0. The van der Waals surface area contributed by atoms with E-state index in [1.807, 2.05) is 6.07 Å². The number of nitrogens with two attached hydrogens (primary N) is 1. The van der Waals surface area contributed by atoms with Crippen molar-refractivity contribution in [3.8, 4) is 0 Å². The van der Waals surface area contributed by atoms with Gasteiger partial charge in [0.1, 0.15) is 5.54 Å². The van der Waals surface area contributed by atoms with Gasteiger partial charge in [-0.1, -0.05) is 43.2 Å². The zero-order valence-electron chi connectivity index (χ0n) is 16.1. The highest BCUT2D eigenvalue weighted by molar-refractivity contribution is 6.40. The molecule has 6 nitrogen and oxygen atoms in total. The first-order chi connectivity index (χ1) is 12.9. The Labute approximate surface area is 162 Å². The van der Waals surface area contributed by atoms with E-state index >= 15 is 0 Å². The number of carboxylic acid groups (broad SMARTS) is 1. The van der Waals surface area contributed by atoms with E-state index in [2.05, 4.69) is 29.2 Å². The quantitative estimate of drug-likeness (QED) is 0.348. The molecule has 0 amide bonds. The summed E-state index contributed by atoms with van der Waals surface area (Å²) in [5, 5.41) is 27.3. The molecule has 2 atom stereocenters. The van der Waals surface area contributed by atoms with Crippen LogP contribution in [0.4, 0.5) is 0 Å². The Bertz CT molecular complexity index is 572. The molecule has 27 heavy (non-hydrogen) atoms. The van der Waals surface area contributed by atoms with Crippen molar-refractivity contribution in [1.82, 2.24) is 4.90 Å².